The summed E-state index contributed by atoms with van der Waals surface area (Å²) in [7, 11) is 0. The monoisotopic (exact) mass is 369 g/mol. The number of halogens is 1. The standard InChI is InChI=1S/C18H27N3O3.ClH/c1-12-16(7-10-24-12)17(22)20-15-5-8-21(9-6-15)18(23)13-3-2-4-14(19)11-13;/h7,10,13-15H,2-6,8-9,11,19H2,1H3,(H,20,22);1H. The number of rotatable bonds is 3. The third kappa shape index (κ3) is 4.76. The van der Waals surface area contributed by atoms with Gasteiger partial charge in [0, 0.05) is 31.1 Å². The molecular weight excluding hydrogens is 342 g/mol. The van der Waals surface area contributed by atoms with Gasteiger partial charge in [0.2, 0.25) is 5.91 Å². The summed E-state index contributed by atoms with van der Waals surface area (Å²) in [6, 6.07) is 1.97. The number of nitrogens with one attached hydrogen (secondary N) is 1. The summed E-state index contributed by atoms with van der Waals surface area (Å²) in [4.78, 5) is 26.8. The van der Waals surface area contributed by atoms with Crippen LogP contribution in [0.15, 0.2) is 16.7 Å². The number of nitrogens with zero attached hydrogens (tertiary/aromatic N) is 1. The molecule has 3 N–H and O–H groups in total. The third-order valence-corrected chi connectivity index (χ3v) is 5.31. The summed E-state index contributed by atoms with van der Waals surface area (Å²) >= 11 is 0. The van der Waals surface area contributed by atoms with Crippen LogP contribution >= 0.6 is 12.4 Å². The SMILES string of the molecule is Cc1occc1C(=O)NC1CCN(C(=O)C2CCCC(N)C2)CC1.Cl. The quantitative estimate of drug-likeness (QED) is 0.855. The molecule has 0 radical (unpaired) electrons. The molecule has 2 unspecified atom stereocenters. The lowest BCUT2D eigenvalue weighted by molar-refractivity contribution is -0.137. The molecule has 1 aromatic rings. The van der Waals surface area contributed by atoms with Gasteiger partial charge in [-0.3, -0.25) is 9.59 Å². The van der Waals surface area contributed by atoms with E-state index in [9.17, 15) is 9.59 Å². The Hall–Kier alpha value is -1.53. The number of carbonyl (C=O) groups is 2. The van der Waals surface area contributed by atoms with Crippen molar-refractivity contribution in [2.24, 2.45) is 11.7 Å². The maximum atomic E-state index is 12.6. The van der Waals surface area contributed by atoms with Crippen LogP contribution in [0.25, 0.3) is 0 Å². The highest BCUT2D eigenvalue weighted by atomic mass is 35.5. The second-order valence-electron chi connectivity index (χ2n) is 7.09. The topological polar surface area (TPSA) is 88.6 Å². The van der Waals surface area contributed by atoms with Gasteiger partial charge in [-0.15, -0.1) is 12.4 Å². The zero-order valence-electron chi connectivity index (χ0n) is 14.7. The Balaban J connectivity index is 0.00000225. The summed E-state index contributed by atoms with van der Waals surface area (Å²) in [5, 5.41) is 3.05. The minimum Gasteiger partial charge on any atom is -0.469 e. The zero-order valence-corrected chi connectivity index (χ0v) is 15.5. The van der Waals surface area contributed by atoms with E-state index in [0.29, 0.717) is 24.4 Å². The van der Waals surface area contributed by atoms with Crippen LogP contribution in [-0.2, 0) is 4.79 Å². The summed E-state index contributed by atoms with van der Waals surface area (Å²) in [5.41, 5.74) is 6.59. The summed E-state index contributed by atoms with van der Waals surface area (Å²) in [6.07, 6.45) is 6.98. The molecule has 0 bridgehead atoms. The number of furan rings is 1. The molecule has 2 heterocycles. The van der Waals surface area contributed by atoms with Crippen LogP contribution in [0.1, 0.15) is 54.6 Å². The average Bonchev–Trinajstić information content (AvgIpc) is 3.01. The average molecular weight is 370 g/mol. The minimum atomic E-state index is -0.0933. The van der Waals surface area contributed by atoms with Crippen molar-refractivity contribution in [1.82, 2.24) is 10.2 Å². The van der Waals surface area contributed by atoms with E-state index < -0.39 is 0 Å². The second-order valence-corrected chi connectivity index (χ2v) is 7.09. The molecule has 2 atom stereocenters. The first-order valence-electron chi connectivity index (χ1n) is 8.94. The van der Waals surface area contributed by atoms with Gasteiger partial charge < -0.3 is 20.4 Å². The molecule has 1 aliphatic carbocycles. The smallest absolute Gasteiger partial charge is 0.255 e. The van der Waals surface area contributed by atoms with Crippen molar-refractivity contribution in [3.8, 4) is 0 Å². The number of amides is 2. The molecule has 2 aliphatic rings. The van der Waals surface area contributed by atoms with E-state index in [1.54, 1.807) is 13.0 Å². The first-order chi connectivity index (χ1) is 11.5. The molecule has 1 saturated carbocycles. The van der Waals surface area contributed by atoms with E-state index in [-0.39, 0.29) is 42.2 Å². The van der Waals surface area contributed by atoms with Crippen molar-refractivity contribution in [3.63, 3.8) is 0 Å². The molecule has 0 aromatic carbocycles. The van der Waals surface area contributed by atoms with Crippen LogP contribution in [-0.4, -0.2) is 41.9 Å². The number of carbonyl (C=O) groups excluding carboxylic acids is 2. The van der Waals surface area contributed by atoms with E-state index in [1.165, 1.54) is 6.26 Å². The number of nitrogens with two attached hydrogens (primary N) is 1. The molecule has 7 heteroatoms. The number of piperidine rings is 1. The number of hydrogen-bond acceptors (Lipinski definition) is 4. The number of likely N-dealkylation sites (tertiary alicyclic amines) is 1. The lowest BCUT2D eigenvalue weighted by Crippen LogP contribution is -2.49. The largest absolute Gasteiger partial charge is 0.469 e. The molecule has 1 aliphatic heterocycles. The van der Waals surface area contributed by atoms with Gasteiger partial charge in [0.15, 0.2) is 0 Å². The van der Waals surface area contributed by atoms with Gasteiger partial charge in [0.1, 0.15) is 5.76 Å². The third-order valence-electron chi connectivity index (χ3n) is 5.31. The lowest BCUT2D eigenvalue weighted by atomic mass is 9.85. The van der Waals surface area contributed by atoms with Gasteiger partial charge in [-0.1, -0.05) is 6.42 Å². The molecule has 3 rings (SSSR count). The molecule has 2 fully saturated rings. The van der Waals surface area contributed by atoms with E-state index in [1.807, 2.05) is 4.90 Å². The van der Waals surface area contributed by atoms with Gasteiger partial charge in [0.05, 0.1) is 11.8 Å². The Morgan fingerprint density at radius 3 is 2.56 bits per heavy atom. The molecule has 140 valence electrons. The van der Waals surface area contributed by atoms with Crippen LogP contribution in [0, 0.1) is 12.8 Å². The minimum absolute atomic E-state index is 0. The van der Waals surface area contributed by atoms with Crippen LogP contribution in [0.2, 0.25) is 0 Å². The molecule has 1 saturated heterocycles. The van der Waals surface area contributed by atoms with Gasteiger partial charge in [0.25, 0.3) is 5.91 Å². The Morgan fingerprint density at radius 1 is 1.24 bits per heavy atom. The highest BCUT2D eigenvalue weighted by Crippen LogP contribution is 2.26. The molecule has 1 aromatic heterocycles. The van der Waals surface area contributed by atoms with Crippen molar-refractivity contribution in [2.45, 2.75) is 57.5 Å². The zero-order chi connectivity index (χ0) is 17.1. The van der Waals surface area contributed by atoms with Crippen molar-refractivity contribution in [1.29, 1.82) is 0 Å². The molecule has 6 nitrogen and oxygen atoms in total. The highest BCUT2D eigenvalue weighted by Gasteiger charge is 2.31. The fraction of sp³-hybridized carbons (Fsp3) is 0.667. The van der Waals surface area contributed by atoms with E-state index in [2.05, 4.69) is 5.32 Å². The number of aryl methyl sites for hydroxylation is 1. The Morgan fingerprint density at radius 2 is 1.96 bits per heavy atom. The maximum absolute atomic E-state index is 12.6. The molecule has 25 heavy (non-hydrogen) atoms. The van der Waals surface area contributed by atoms with E-state index in [4.69, 9.17) is 10.2 Å². The lowest BCUT2D eigenvalue weighted by Gasteiger charge is -2.36. The molecule has 2 amide bonds. The summed E-state index contributed by atoms with van der Waals surface area (Å²) in [5.74, 6) is 0.882. The van der Waals surface area contributed by atoms with Gasteiger partial charge in [-0.05, 0) is 45.1 Å². The summed E-state index contributed by atoms with van der Waals surface area (Å²) in [6.45, 7) is 3.20. The Bertz CT molecular complexity index is 596. The van der Waals surface area contributed by atoms with Crippen molar-refractivity contribution in [3.05, 3.63) is 23.7 Å². The van der Waals surface area contributed by atoms with Gasteiger partial charge >= 0.3 is 0 Å². The van der Waals surface area contributed by atoms with Crippen LogP contribution in [0.4, 0.5) is 0 Å². The predicted octanol–water partition coefficient (Wildman–Crippen LogP) is 2.25. The maximum Gasteiger partial charge on any atom is 0.255 e. The number of hydrogen-bond donors (Lipinski definition) is 2. The van der Waals surface area contributed by atoms with Crippen molar-refractivity contribution in [2.75, 3.05) is 13.1 Å². The van der Waals surface area contributed by atoms with Crippen molar-refractivity contribution < 1.29 is 14.0 Å². The van der Waals surface area contributed by atoms with Crippen LogP contribution in [0.3, 0.4) is 0 Å². The van der Waals surface area contributed by atoms with Crippen molar-refractivity contribution >= 4 is 24.2 Å². The predicted molar refractivity (Wildman–Crippen MR) is 97.7 cm³/mol. The second kappa shape index (κ2) is 8.72. The normalized spacial score (nSPS) is 24.5. The first-order valence-corrected chi connectivity index (χ1v) is 8.94. The van der Waals surface area contributed by atoms with E-state index in [0.717, 1.165) is 38.5 Å². The highest BCUT2D eigenvalue weighted by molar-refractivity contribution is 5.95. The fourth-order valence-corrected chi connectivity index (χ4v) is 3.84. The Kier molecular flexibility index (Phi) is 6.90. The van der Waals surface area contributed by atoms with Crippen LogP contribution in [0.5, 0.6) is 0 Å². The van der Waals surface area contributed by atoms with E-state index >= 15 is 0 Å². The van der Waals surface area contributed by atoms with Crippen LogP contribution < -0.4 is 11.1 Å². The first kappa shape index (κ1) is 19.8. The van der Waals surface area contributed by atoms with Gasteiger partial charge in [-0.25, -0.2) is 0 Å². The molecule has 0 spiro atoms. The fourth-order valence-electron chi connectivity index (χ4n) is 3.84. The van der Waals surface area contributed by atoms with Gasteiger partial charge in [-0.2, -0.15) is 0 Å². The molecular formula is C18H28ClN3O3. The Labute approximate surface area is 154 Å². The summed E-state index contributed by atoms with van der Waals surface area (Å²) < 4.78 is 5.18.